The van der Waals surface area contributed by atoms with E-state index in [1.54, 1.807) is 5.32 Å². The molecule has 1 aromatic rings. The third-order valence-electron chi connectivity index (χ3n) is 2.97. The first-order valence-corrected chi connectivity index (χ1v) is 6.47. The van der Waals surface area contributed by atoms with Gasteiger partial charge in [0.05, 0.1) is 16.5 Å². The highest BCUT2D eigenvalue weighted by Crippen LogP contribution is 2.40. The summed E-state index contributed by atoms with van der Waals surface area (Å²) in [6, 6.07) is 4.16. The molecule has 0 bridgehead atoms. The molecule has 0 aromatic carbocycles. The fraction of sp³-hybridized carbons (Fsp3) is 0.250. The third-order valence-corrected chi connectivity index (χ3v) is 3.84. The van der Waals surface area contributed by atoms with Crippen molar-refractivity contribution in [3.63, 3.8) is 0 Å². The van der Waals surface area contributed by atoms with E-state index in [-0.39, 0.29) is 10.6 Å². The lowest BCUT2D eigenvalue weighted by molar-refractivity contribution is -0.184. The Morgan fingerprint density at radius 3 is 2.67 bits per heavy atom. The van der Waals surface area contributed by atoms with Gasteiger partial charge >= 0.3 is 6.18 Å². The number of carbonyl (C=O) groups excluding carboxylic acids is 2. The molecule has 0 fully saturated rings. The highest BCUT2D eigenvalue weighted by atomic mass is 32.1. The maximum absolute atomic E-state index is 13.4. The van der Waals surface area contributed by atoms with E-state index in [0.717, 1.165) is 11.3 Å². The summed E-state index contributed by atoms with van der Waals surface area (Å²) in [5.74, 6) is -2.56. The Kier molecular flexibility index (Phi) is 3.51. The number of carbonyl (C=O) groups is 2. The first kappa shape index (κ1) is 15.1. The van der Waals surface area contributed by atoms with Crippen LogP contribution in [0.4, 0.5) is 13.2 Å². The van der Waals surface area contributed by atoms with Gasteiger partial charge in [0.15, 0.2) is 0 Å². The summed E-state index contributed by atoms with van der Waals surface area (Å²) < 4.78 is 40.3. The Morgan fingerprint density at radius 1 is 1.52 bits per heavy atom. The highest BCUT2D eigenvalue weighted by molar-refractivity contribution is 7.12. The summed E-state index contributed by atoms with van der Waals surface area (Å²) in [6.07, 6.45) is -5.15. The van der Waals surface area contributed by atoms with Gasteiger partial charge in [-0.3, -0.25) is 9.59 Å². The number of hydrogen-bond donors (Lipinski definition) is 2. The van der Waals surface area contributed by atoms with Gasteiger partial charge in [-0.2, -0.15) is 18.4 Å². The number of allylic oxidation sites excluding steroid dienone is 1. The Morgan fingerprint density at radius 2 is 2.19 bits per heavy atom. The number of hydrogen-bond acceptors (Lipinski definition) is 4. The summed E-state index contributed by atoms with van der Waals surface area (Å²) in [7, 11) is 0. The molecule has 1 aliphatic heterocycles. The molecule has 1 atom stereocenters. The summed E-state index contributed by atoms with van der Waals surface area (Å²) >= 11 is 0.925. The van der Waals surface area contributed by atoms with E-state index in [4.69, 9.17) is 5.26 Å². The minimum absolute atomic E-state index is 0.00766. The van der Waals surface area contributed by atoms with Crippen molar-refractivity contribution in [1.82, 2.24) is 10.6 Å². The molecule has 5 nitrogen and oxygen atoms in total. The number of halogens is 3. The Balaban J connectivity index is 2.53. The normalized spacial score (nSPS) is 22.0. The van der Waals surface area contributed by atoms with Gasteiger partial charge < -0.3 is 10.6 Å². The first-order valence-electron chi connectivity index (χ1n) is 5.59. The summed E-state index contributed by atoms with van der Waals surface area (Å²) in [6.45, 7) is 1.17. The SMILES string of the molecule is CC1=C(C#N)[C@@](NC(=O)c2cccs2)(C(F)(F)F)C(=O)N1. The zero-order chi connectivity index (χ0) is 15.8. The zero-order valence-electron chi connectivity index (χ0n) is 10.5. The maximum Gasteiger partial charge on any atom is 0.425 e. The molecule has 1 aromatic heterocycles. The lowest BCUT2D eigenvalue weighted by atomic mass is 9.90. The number of amides is 2. The van der Waals surface area contributed by atoms with Crippen molar-refractivity contribution in [3.8, 4) is 6.07 Å². The van der Waals surface area contributed by atoms with E-state index in [1.165, 1.54) is 30.5 Å². The second-order valence-corrected chi connectivity index (χ2v) is 5.19. The first-order chi connectivity index (χ1) is 9.74. The van der Waals surface area contributed by atoms with Crippen LogP contribution in [0.5, 0.6) is 0 Å². The van der Waals surface area contributed by atoms with Gasteiger partial charge in [-0.1, -0.05) is 6.07 Å². The van der Waals surface area contributed by atoms with Crippen LogP contribution in [0.2, 0.25) is 0 Å². The van der Waals surface area contributed by atoms with Gasteiger partial charge in [-0.15, -0.1) is 11.3 Å². The van der Waals surface area contributed by atoms with Crippen LogP contribution in [0.1, 0.15) is 16.6 Å². The summed E-state index contributed by atoms with van der Waals surface area (Å²) in [5.41, 5.74) is -4.44. The molecule has 0 unspecified atom stereocenters. The van der Waals surface area contributed by atoms with E-state index < -0.39 is 29.1 Å². The molecular weight excluding hydrogens is 307 g/mol. The van der Waals surface area contributed by atoms with Gasteiger partial charge in [-0.05, 0) is 18.4 Å². The summed E-state index contributed by atoms with van der Waals surface area (Å²) in [5, 5.41) is 14.1. The molecule has 2 heterocycles. The minimum Gasteiger partial charge on any atom is -0.326 e. The number of nitrogens with zero attached hydrogens (tertiary/aromatic N) is 1. The van der Waals surface area contributed by atoms with Crippen LogP contribution >= 0.6 is 11.3 Å². The van der Waals surface area contributed by atoms with Crippen LogP contribution in [0.25, 0.3) is 0 Å². The predicted octanol–water partition coefficient (Wildman–Crippen LogP) is 1.71. The van der Waals surface area contributed by atoms with E-state index in [1.807, 2.05) is 5.32 Å². The molecular formula is C12H8F3N3O2S. The smallest absolute Gasteiger partial charge is 0.326 e. The monoisotopic (exact) mass is 315 g/mol. The fourth-order valence-electron chi connectivity index (χ4n) is 1.99. The number of nitriles is 1. The van der Waals surface area contributed by atoms with Gasteiger partial charge in [0.1, 0.15) is 0 Å². The highest BCUT2D eigenvalue weighted by Gasteiger charge is 2.67. The summed E-state index contributed by atoms with van der Waals surface area (Å²) in [4.78, 5) is 23.7. The average molecular weight is 315 g/mol. The number of nitrogens with one attached hydrogen (secondary N) is 2. The Hall–Kier alpha value is -2.34. The molecule has 21 heavy (non-hydrogen) atoms. The molecule has 2 amide bonds. The number of thiophene rings is 1. The largest absolute Gasteiger partial charge is 0.425 e. The van der Waals surface area contributed by atoms with Gasteiger partial charge in [0.2, 0.25) is 0 Å². The molecule has 0 aliphatic carbocycles. The van der Waals surface area contributed by atoms with Crippen molar-refractivity contribution in [2.75, 3.05) is 0 Å². The molecule has 2 N–H and O–H groups in total. The Bertz CT molecular complexity index is 673. The van der Waals surface area contributed by atoms with E-state index in [0.29, 0.717) is 0 Å². The van der Waals surface area contributed by atoms with Crippen LogP contribution < -0.4 is 10.6 Å². The molecule has 2 rings (SSSR count). The minimum atomic E-state index is -5.15. The second-order valence-electron chi connectivity index (χ2n) is 4.25. The lowest BCUT2D eigenvalue weighted by Gasteiger charge is -2.30. The Labute approximate surface area is 121 Å². The molecule has 0 radical (unpaired) electrons. The topological polar surface area (TPSA) is 82.0 Å². The van der Waals surface area contributed by atoms with Crippen molar-refractivity contribution in [3.05, 3.63) is 33.7 Å². The molecule has 110 valence electrons. The van der Waals surface area contributed by atoms with Crippen LogP contribution in [0.15, 0.2) is 28.8 Å². The van der Waals surface area contributed by atoms with Gasteiger partial charge in [-0.25, -0.2) is 0 Å². The van der Waals surface area contributed by atoms with Crippen LogP contribution in [-0.2, 0) is 4.79 Å². The molecule has 9 heteroatoms. The van der Waals surface area contributed by atoms with E-state index >= 15 is 0 Å². The molecule has 0 saturated carbocycles. The van der Waals surface area contributed by atoms with Crippen molar-refractivity contribution < 1.29 is 22.8 Å². The second kappa shape index (κ2) is 4.89. The lowest BCUT2D eigenvalue weighted by Crippen LogP contribution is -2.64. The van der Waals surface area contributed by atoms with Crippen molar-refractivity contribution >= 4 is 23.2 Å². The van der Waals surface area contributed by atoms with Crippen molar-refractivity contribution in [2.45, 2.75) is 18.6 Å². The number of alkyl halides is 3. The van der Waals surface area contributed by atoms with Crippen LogP contribution in [-0.4, -0.2) is 23.5 Å². The third kappa shape index (κ3) is 2.17. The van der Waals surface area contributed by atoms with Crippen molar-refractivity contribution in [1.29, 1.82) is 5.26 Å². The molecule has 0 saturated heterocycles. The quantitative estimate of drug-likeness (QED) is 0.871. The van der Waals surface area contributed by atoms with Crippen molar-refractivity contribution in [2.24, 2.45) is 0 Å². The van der Waals surface area contributed by atoms with Gasteiger partial charge in [0, 0.05) is 5.70 Å². The van der Waals surface area contributed by atoms with Crippen LogP contribution in [0.3, 0.4) is 0 Å². The molecule has 0 spiro atoms. The standard InChI is InChI=1S/C12H8F3N3O2S/c1-6-7(5-16)11(10(20)17-6,12(13,14)15)18-9(19)8-3-2-4-21-8/h2-4H,1H3,(H,17,20)(H,18,19)/t11-/m0/s1. The zero-order valence-corrected chi connectivity index (χ0v) is 11.4. The number of rotatable bonds is 2. The van der Waals surface area contributed by atoms with E-state index in [2.05, 4.69) is 0 Å². The van der Waals surface area contributed by atoms with E-state index in [9.17, 15) is 22.8 Å². The molecule has 1 aliphatic rings. The predicted molar refractivity (Wildman–Crippen MR) is 67.0 cm³/mol. The van der Waals surface area contributed by atoms with Gasteiger partial charge in [0.25, 0.3) is 17.4 Å². The fourth-order valence-corrected chi connectivity index (χ4v) is 2.61. The van der Waals surface area contributed by atoms with Crippen LogP contribution in [0, 0.1) is 11.3 Å². The average Bonchev–Trinajstić information content (AvgIpc) is 2.96. The maximum atomic E-state index is 13.4.